The third-order valence-electron chi connectivity index (χ3n) is 3.44. The van der Waals surface area contributed by atoms with E-state index >= 15 is 0 Å². The molecule has 0 atom stereocenters. The maximum absolute atomic E-state index is 10.9. The van der Waals surface area contributed by atoms with Gasteiger partial charge in [-0.05, 0) is 25.2 Å². The maximum atomic E-state index is 10.9. The van der Waals surface area contributed by atoms with Crippen molar-refractivity contribution >= 4 is 36.1 Å². The van der Waals surface area contributed by atoms with Gasteiger partial charge in [-0.2, -0.15) is 0 Å². The summed E-state index contributed by atoms with van der Waals surface area (Å²) >= 11 is 1.52. The molecule has 1 aliphatic heterocycles. The third-order valence-corrected chi connectivity index (χ3v) is 4.00. The van der Waals surface area contributed by atoms with Crippen LogP contribution >= 0.6 is 24.2 Å². The highest BCUT2D eigenvalue weighted by atomic mass is 35.5. The number of hydrogen-bond acceptors (Lipinski definition) is 5. The second-order valence-corrected chi connectivity index (χ2v) is 5.29. The number of halogens is 1. The summed E-state index contributed by atoms with van der Waals surface area (Å²) in [5.41, 5.74) is 0. The second kappa shape index (κ2) is 7.54. The molecule has 0 bridgehead atoms. The summed E-state index contributed by atoms with van der Waals surface area (Å²) in [5.74, 6) is 0.927. The number of piperidine rings is 1. The van der Waals surface area contributed by atoms with Crippen LogP contribution in [0.25, 0.3) is 0 Å². The van der Waals surface area contributed by atoms with E-state index in [1.807, 2.05) is 12.3 Å². The Morgan fingerprint density at radius 2 is 2.15 bits per heavy atom. The van der Waals surface area contributed by atoms with Crippen molar-refractivity contribution in [3.8, 4) is 0 Å². The molecule has 2 rings (SSSR count). The van der Waals surface area contributed by atoms with E-state index in [0.717, 1.165) is 36.9 Å². The Kier molecular flexibility index (Phi) is 6.35. The fourth-order valence-corrected chi connectivity index (χ4v) is 2.60. The molecular weight excluding hydrogens is 300 g/mol. The molecule has 2 heterocycles. The summed E-state index contributed by atoms with van der Waals surface area (Å²) < 4.78 is 0. The van der Waals surface area contributed by atoms with Crippen molar-refractivity contribution < 1.29 is 9.90 Å². The molecule has 1 fully saturated rings. The highest BCUT2D eigenvalue weighted by Crippen LogP contribution is 2.21. The van der Waals surface area contributed by atoms with Crippen molar-refractivity contribution in [2.75, 3.05) is 31.3 Å². The van der Waals surface area contributed by atoms with Crippen molar-refractivity contribution in [1.29, 1.82) is 0 Å². The molecule has 0 spiro atoms. The number of anilines is 1. The summed E-state index contributed by atoms with van der Waals surface area (Å²) in [4.78, 5) is 23.1. The van der Waals surface area contributed by atoms with Gasteiger partial charge < -0.3 is 14.9 Å². The molecule has 1 aromatic heterocycles. The van der Waals surface area contributed by atoms with Crippen molar-refractivity contribution in [2.24, 2.45) is 0 Å². The minimum absolute atomic E-state index is 0. The second-order valence-electron chi connectivity index (χ2n) is 4.51. The summed E-state index contributed by atoms with van der Waals surface area (Å²) in [6.07, 6.45) is 4.53. The van der Waals surface area contributed by atoms with Crippen LogP contribution < -0.4 is 4.90 Å². The number of carboxylic acid groups (broad SMARTS) is 1. The number of amides is 1. The molecule has 8 heteroatoms. The summed E-state index contributed by atoms with van der Waals surface area (Å²) in [6.45, 7) is 1.65. The van der Waals surface area contributed by atoms with Crippen LogP contribution in [-0.2, 0) is 0 Å². The zero-order valence-corrected chi connectivity index (χ0v) is 13.2. The first kappa shape index (κ1) is 16.8. The Labute approximate surface area is 129 Å². The fourth-order valence-electron chi connectivity index (χ4n) is 2.24. The monoisotopic (exact) mass is 318 g/mol. The molecule has 1 aliphatic rings. The molecule has 0 radical (unpaired) electrons. The van der Waals surface area contributed by atoms with Crippen LogP contribution in [0, 0.1) is 0 Å². The molecule has 1 N–H and O–H groups in total. The molecule has 6 nitrogen and oxygen atoms in total. The zero-order chi connectivity index (χ0) is 13.8. The lowest BCUT2D eigenvalue weighted by Crippen LogP contribution is -2.45. The molecule has 0 saturated carbocycles. The standard InChI is InChI=1S/C12H18N4O2S.ClH/c1-15(12(17)18)9-4-7-16(8-5-9)10-3-6-13-11(14-10)19-2;/h3,6,9H,4-5,7-8H2,1-2H3,(H,17,18);1H. The first-order valence-electron chi connectivity index (χ1n) is 6.19. The summed E-state index contributed by atoms with van der Waals surface area (Å²) in [5, 5.41) is 9.74. The molecule has 20 heavy (non-hydrogen) atoms. The average molecular weight is 319 g/mol. The van der Waals surface area contributed by atoms with Gasteiger partial charge in [0.15, 0.2) is 5.16 Å². The highest BCUT2D eigenvalue weighted by Gasteiger charge is 2.25. The molecule has 112 valence electrons. The van der Waals surface area contributed by atoms with Gasteiger partial charge in [0, 0.05) is 32.4 Å². The third kappa shape index (κ3) is 3.89. The van der Waals surface area contributed by atoms with E-state index < -0.39 is 6.09 Å². The van der Waals surface area contributed by atoms with Crippen molar-refractivity contribution in [2.45, 2.75) is 24.0 Å². The first-order valence-corrected chi connectivity index (χ1v) is 7.42. The quantitative estimate of drug-likeness (QED) is 0.680. The lowest BCUT2D eigenvalue weighted by molar-refractivity contribution is 0.131. The van der Waals surface area contributed by atoms with Crippen LogP contribution in [0.3, 0.4) is 0 Å². The predicted octanol–water partition coefficient (Wildman–Crippen LogP) is 2.20. The number of hydrogen-bond donors (Lipinski definition) is 1. The Bertz CT molecular complexity index is 455. The molecule has 0 unspecified atom stereocenters. The van der Waals surface area contributed by atoms with E-state index in [2.05, 4.69) is 14.9 Å². The molecule has 1 amide bonds. The lowest BCUT2D eigenvalue weighted by atomic mass is 10.0. The fraction of sp³-hybridized carbons (Fsp3) is 0.583. The molecule has 1 saturated heterocycles. The van der Waals surface area contributed by atoms with E-state index in [1.54, 1.807) is 13.2 Å². The van der Waals surface area contributed by atoms with Gasteiger partial charge in [-0.15, -0.1) is 12.4 Å². The number of rotatable bonds is 3. The largest absolute Gasteiger partial charge is 0.465 e. The van der Waals surface area contributed by atoms with Crippen molar-refractivity contribution in [1.82, 2.24) is 14.9 Å². The average Bonchev–Trinajstić information content (AvgIpc) is 2.46. The van der Waals surface area contributed by atoms with Crippen LogP contribution in [0.15, 0.2) is 17.4 Å². The SMILES string of the molecule is CSc1nccc(N2CCC(N(C)C(=O)O)CC2)n1.Cl. The summed E-state index contributed by atoms with van der Waals surface area (Å²) in [7, 11) is 1.64. The van der Waals surface area contributed by atoms with Gasteiger partial charge >= 0.3 is 6.09 Å². The van der Waals surface area contributed by atoms with Gasteiger partial charge in [-0.1, -0.05) is 11.8 Å². The van der Waals surface area contributed by atoms with E-state index in [0.29, 0.717) is 0 Å². The van der Waals surface area contributed by atoms with E-state index in [1.165, 1.54) is 16.7 Å². The van der Waals surface area contributed by atoms with Crippen molar-refractivity contribution in [3.05, 3.63) is 12.3 Å². The topological polar surface area (TPSA) is 69.6 Å². The lowest BCUT2D eigenvalue weighted by Gasteiger charge is -2.36. The number of carbonyl (C=O) groups is 1. The molecule has 0 aromatic carbocycles. The van der Waals surface area contributed by atoms with Gasteiger partial charge in [0.25, 0.3) is 0 Å². The number of thioether (sulfide) groups is 1. The van der Waals surface area contributed by atoms with E-state index in [-0.39, 0.29) is 18.4 Å². The smallest absolute Gasteiger partial charge is 0.407 e. The molecule has 0 aliphatic carbocycles. The minimum Gasteiger partial charge on any atom is -0.465 e. The van der Waals surface area contributed by atoms with Gasteiger partial charge in [0.1, 0.15) is 5.82 Å². The Morgan fingerprint density at radius 3 is 2.70 bits per heavy atom. The van der Waals surface area contributed by atoms with Crippen LogP contribution in [0.4, 0.5) is 10.6 Å². The Morgan fingerprint density at radius 1 is 1.50 bits per heavy atom. The van der Waals surface area contributed by atoms with Crippen LogP contribution in [0.5, 0.6) is 0 Å². The Hall–Kier alpha value is -1.21. The van der Waals surface area contributed by atoms with Crippen LogP contribution in [0.2, 0.25) is 0 Å². The van der Waals surface area contributed by atoms with Gasteiger partial charge in [-0.25, -0.2) is 14.8 Å². The minimum atomic E-state index is -0.856. The van der Waals surface area contributed by atoms with Gasteiger partial charge in [-0.3, -0.25) is 0 Å². The van der Waals surface area contributed by atoms with Gasteiger partial charge in [0.2, 0.25) is 0 Å². The highest BCUT2D eigenvalue weighted by molar-refractivity contribution is 7.98. The van der Waals surface area contributed by atoms with Gasteiger partial charge in [0.05, 0.1) is 0 Å². The molecular formula is C12H19ClN4O2S. The predicted molar refractivity (Wildman–Crippen MR) is 82.1 cm³/mol. The van der Waals surface area contributed by atoms with Crippen molar-refractivity contribution in [3.63, 3.8) is 0 Å². The van der Waals surface area contributed by atoms with E-state index in [9.17, 15) is 4.79 Å². The Balaban J connectivity index is 0.00000200. The first-order chi connectivity index (χ1) is 9.11. The number of nitrogens with zero attached hydrogens (tertiary/aromatic N) is 4. The summed E-state index contributed by atoms with van der Waals surface area (Å²) in [6, 6.07) is 2.01. The molecule has 1 aromatic rings. The van der Waals surface area contributed by atoms with Crippen LogP contribution in [-0.4, -0.2) is 58.5 Å². The van der Waals surface area contributed by atoms with Crippen LogP contribution in [0.1, 0.15) is 12.8 Å². The number of aromatic nitrogens is 2. The van der Waals surface area contributed by atoms with E-state index in [4.69, 9.17) is 5.11 Å². The zero-order valence-electron chi connectivity index (χ0n) is 11.5. The maximum Gasteiger partial charge on any atom is 0.407 e. The normalized spacial score (nSPS) is 15.6.